The summed E-state index contributed by atoms with van der Waals surface area (Å²) in [6.45, 7) is 8.75. The molecule has 0 fully saturated rings. The molecule has 0 radical (unpaired) electrons. The standard InChI is InChI=1S/C19H25N3O3S/c1-3-22(4-2)12-15-13-26-19(21-15)11-20-18(23)10-14-5-6-16-17(9-14)25-8-7-24-16/h5-6,9,13H,3-4,7-8,10-12H2,1-2H3,(H,20,23). The minimum Gasteiger partial charge on any atom is -0.486 e. The zero-order chi connectivity index (χ0) is 18.4. The Hall–Kier alpha value is -2.12. The van der Waals surface area contributed by atoms with E-state index in [0.29, 0.717) is 31.9 Å². The predicted octanol–water partition coefficient (Wildman–Crippen LogP) is 2.62. The average molecular weight is 375 g/mol. The van der Waals surface area contributed by atoms with Gasteiger partial charge >= 0.3 is 0 Å². The molecular formula is C19H25N3O3S. The number of carbonyl (C=O) groups excluding carboxylic acids is 1. The molecule has 7 heteroatoms. The summed E-state index contributed by atoms with van der Waals surface area (Å²) >= 11 is 1.59. The summed E-state index contributed by atoms with van der Waals surface area (Å²) in [6, 6.07) is 5.63. The van der Waals surface area contributed by atoms with E-state index in [1.807, 2.05) is 18.2 Å². The minimum absolute atomic E-state index is 0.0258. The van der Waals surface area contributed by atoms with Crippen LogP contribution in [0.15, 0.2) is 23.6 Å². The molecule has 1 aliphatic rings. The average Bonchev–Trinajstić information content (AvgIpc) is 3.12. The molecular weight excluding hydrogens is 350 g/mol. The fraction of sp³-hybridized carbons (Fsp3) is 0.474. The lowest BCUT2D eigenvalue weighted by atomic mass is 10.1. The van der Waals surface area contributed by atoms with Gasteiger partial charge < -0.3 is 14.8 Å². The number of nitrogens with zero attached hydrogens (tertiary/aromatic N) is 2. The van der Waals surface area contributed by atoms with Gasteiger partial charge in [0, 0.05) is 11.9 Å². The van der Waals surface area contributed by atoms with Crippen LogP contribution in [0.4, 0.5) is 0 Å². The highest BCUT2D eigenvalue weighted by Gasteiger charge is 2.13. The number of hydrogen-bond acceptors (Lipinski definition) is 6. The Kier molecular flexibility index (Phi) is 6.46. The van der Waals surface area contributed by atoms with Crippen LogP contribution >= 0.6 is 11.3 Å². The van der Waals surface area contributed by atoms with E-state index in [2.05, 4.69) is 34.4 Å². The van der Waals surface area contributed by atoms with E-state index in [1.165, 1.54) is 0 Å². The van der Waals surface area contributed by atoms with Crippen molar-refractivity contribution >= 4 is 17.2 Å². The van der Waals surface area contributed by atoms with E-state index in [1.54, 1.807) is 11.3 Å². The maximum atomic E-state index is 12.2. The van der Waals surface area contributed by atoms with Crippen molar-refractivity contribution in [1.29, 1.82) is 0 Å². The van der Waals surface area contributed by atoms with Crippen molar-refractivity contribution in [3.05, 3.63) is 39.8 Å². The molecule has 0 aliphatic carbocycles. The summed E-state index contributed by atoms with van der Waals surface area (Å²) in [6.07, 6.45) is 0.314. The summed E-state index contributed by atoms with van der Waals surface area (Å²) in [5.74, 6) is 1.42. The van der Waals surface area contributed by atoms with Crippen LogP contribution in [0.5, 0.6) is 11.5 Å². The highest BCUT2D eigenvalue weighted by atomic mass is 32.1. The fourth-order valence-corrected chi connectivity index (χ4v) is 3.52. The van der Waals surface area contributed by atoms with Crippen molar-refractivity contribution < 1.29 is 14.3 Å². The first-order chi connectivity index (χ1) is 12.7. The first-order valence-corrected chi connectivity index (χ1v) is 9.86. The quantitative estimate of drug-likeness (QED) is 0.768. The molecule has 1 aromatic carbocycles. The van der Waals surface area contributed by atoms with Crippen molar-refractivity contribution in [2.75, 3.05) is 26.3 Å². The lowest BCUT2D eigenvalue weighted by Gasteiger charge is -2.18. The first kappa shape index (κ1) is 18.7. The van der Waals surface area contributed by atoms with Gasteiger partial charge in [-0.25, -0.2) is 4.98 Å². The van der Waals surface area contributed by atoms with Gasteiger partial charge in [0.1, 0.15) is 18.2 Å². The monoisotopic (exact) mass is 375 g/mol. The predicted molar refractivity (Wildman–Crippen MR) is 102 cm³/mol. The van der Waals surface area contributed by atoms with Crippen LogP contribution in [-0.2, 0) is 24.3 Å². The van der Waals surface area contributed by atoms with Gasteiger partial charge in [-0.15, -0.1) is 11.3 Å². The lowest BCUT2D eigenvalue weighted by molar-refractivity contribution is -0.120. The smallest absolute Gasteiger partial charge is 0.224 e. The molecule has 1 aliphatic heterocycles. The molecule has 0 saturated heterocycles. The molecule has 2 heterocycles. The van der Waals surface area contributed by atoms with Gasteiger partial charge in [-0.3, -0.25) is 9.69 Å². The van der Waals surface area contributed by atoms with Gasteiger partial charge in [-0.2, -0.15) is 0 Å². The number of carbonyl (C=O) groups is 1. The Morgan fingerprint density at radius 3 is 2.77 bits per heavy atom. The first-order valence-electron chi connectivity index (χ1n) is 8.98. The molecule has 0 bridgehead atoms. The Labute approximate surface area is 158 Å². The molecule has 0 spiro atoms. The molecule has 0 saturated carbocycles. The van der Waals surface area contributed by atoms with Gasteiger partial charge in [-0.05, 0) is 30.8 Å². The highest BCUT2D eigenvalue weighted by molar-refractivity contribution is 7.09. The van der Waals surface area contributed by atoms with Gasteiger partial charge in [0.05, 0.1) is 18.7 Å². The van der Waals surface area contributed by atoms with Crippen molar-refractivity contribution in [3.8, 4) is 11.5 Å². The molecule has 2 aromatic rings. The number of thiazole rings is 1. The van der Waals surface area contributed by atoms with Gasteiger partial charge in [0.2, 0.25) is 5.91 Å². The van der Waals surface area contributed by atoms with Crippen LogP contribution in [0.25, 0.3) is 0 Å². The van der Waals surface area contributed by atoms with Gasteiger partial charge in [-0.1, -0.05) is 19.9 Å². The van der Waals surface area contributed by atoms with E-state index in [0.717, 1.165) is 41.6 Å². The SMILES string of the molecule is CCN(CC)Cc1csc(CNC(=O)Cc2ccc3c(c2)OCCO3)n1. The Bertz CT molecular complexity index is 743. The van der Waals surface area contributed by atoms with E-state index >= 15 is 0 Å². The minimum atomic E-state index is -0.0258. The summed E-state index contributed by atoms with van der Waals surface area (Å²) in [4.78, 5) is 19.1. The molecule has 1 amide bonds. The van der Waals surface area contributed by atoms with Crippen LogP contribution in [-0.4, -0.2) is 42.1 Å². The van der Waals surface area contributed by atoms with Crippen LogP contribution in [0.1, 0.15) is 30.1 Å². The van der Waals surface area contributed by atoms with Crippen molar-refractivity contribution in [3.63, 3.8) is 0 Å². The molecule has 3 rings (SSSR count). The molecule has 1 N–H and O–H groups in total. The van der Waals surface area contributed by atoms with Crippen LogP contribution in [0.2, 0.25) is 0 Å². The van der Waals surface area contributed by atoms with Crippen LogP contribution in [0, 0.1) is 0 Å². The summed E-state index contributed by atoms with van der Waals surface area (Å²) < 4.78 is 11.1. The third-order valence-corrected chi connectivity index (χ3v) is 5.19. The third kappa shape index (κ3) is 4.95. The number of ether oxygens (including phenoxy) is 2. The van der Waals surface area contributed by atoms with Crippen LogP contribution in [0.3, 0.4) is 0 Å². The third-order valence-electron chi connectivity index (χ3n) is 4.29. The van der Waals surface area contributed by atoms with E-state index in [9.17, 15) is 4.79 Å². The largest absolute Gasteiger partial charge is 0.486 e. The summed E-state index contributed by atoms with van der Waals surface area (Å²) in [5, 5.41) is 5.95. The topological polar surface area (TPSA) is 63.7 Å². The second-order valence-electron chi connectivity index (χ2n) is 6.13. The van der Waals surface area contributed by atoms with E-state index in [-0.39, 0.29) is 5.91 Å². The molecule has 0 atom stereocenters. The zero-order valence-electron chi connectivity index (χ0n) is 15.3. The molecule has 6 nitrogen and oxygen atoms in total. The second kappa shape index (κ2) is 9.00. The Morgan fingerprint density at radius 2 is 2.00 bits per heavy atom. The summed E-state index contributed by atoms with van der Waals surface area (Å²) in [7, 11) is 0. The highest BCUT2D eigenvalue weighted by Crippen LogP contribution is 2.30. The van der Waals surface area contributed by atoms with Gasteiger partial charge in [0.25, 0.3) is 0 Å². The lowest BCUT2D eigenvalue weighted by Crippen LogP contribution is -2.25. The number of rotatable bonds is 8. The number of fused-ring (bicyclic) bond motifs is 1. The maximum Gasteiger partial charge on any atom is 0.224 e. The zero-order valence-corrected chi connectivity index (χ0v) is 16.1. The molecule has 1 aromatic heterocycles. The molecule has 0 unspecified atom stereocenters. The van der Waals surface area contributed by atoms with Gasteiger partial charge in [0.15, 0.2) is 11.5 Å². The second-order valence-corrected chi connectivity index (χ2v) is 7.07. The van der Waals surface area contributed by atoms with E-state index in [4.69, 9.17) is 9.47 Å². The Balaban J connectivity index is 1.49. The number of hydrogen-bond donors (Lipinski definition) is 1. The number of benzene rings is 1. The number of amides is 1. The number of aromatic nitrogens is 1. The maximum absolute atomic E-state index is 12.2. The van der Waals surface area contributed by atoms with Crippen molar-refractivity contribution in [2.24, 2.45) is 0 Å². The van der Waals surface area contributed by atoms with E-state index < -0.39 is 0 Å². The normalized spacial score (nSPS) is 13.0. The van der Waals surface area contributed by atoms with Crippen LogP contribution < -0.4 is 14.8 Å². The molecule has 140 valence electrons. The summed E-state index contributed by atoms with van der Waals surface area (Å²) in [5.41, 5.74) is 1.97. The fourth-order valence-electron chi connectivity index (χ4n) is 2.80. The van der Waals surface area contributed by atoms with Crippen molar-refractivity contribution in [2.45, 2.75) is 33.4 Å². The number of nitrogens with one attached hydrogen (secondary N) is 1. The Morgan fingerprint density at radius 1 is 1.23 bits per heavy atom. The van der Waals surface area contributed by atoms with Crippen molar-refractivity contribution in [1.82, 2.24) is 15.2 Å². The molecule has 26 heavy (non-hydrogen) atoms.